The van der Waals surface area contributed by atoms with Gasteiger partial charge in [-0.3, -0.25) is 4.79 Å². The van der Waals surface area contributed by atoms with Gasteiger partial charge in [0.25, 0.3) is 5.91 Å². The molecule has 2 aromatic rings. The summed E-state index contributed by atoms with van der Waals surface area (Å²) in [6.45, 7) is 1.17. The number of nitrogens with zero attached hydrogens (tertiary/aromatic N) is 1. The fourth-order valence-electron chi connectivity index (χ4n) is 2.96. The number of hydrogen-bond donors (Lipinski definition) is 0. The second kappa shape index (κ2) is 7.87. The minimum Gasteiger partial charge on any atom is -0.497 e. The molecule has 1 amide bonds. The van der Waals surface area contributed by atoms with Crippen molar-refractivity contribution in [2.24, 2.45) is 0 Å². The van der Waals surface area contributed by atoms with Crippen LogP contribution in [-0.2, 0) is 4.79 Å². The van der Waals surface area contributed by atoms with Crippen LogP contribution in [0.25, 0.3) is 0 Å². The average molecular weight is 408 g/mol. The summed E-state index contributed by atoms with van der Waals surface area (Å²) in [5.74, 6) is 0.597. The smallest absolute Gasteiger partial charge is 0.260 e. The molecular weight excluding hydrogens is 389 g/mol. The van der Waals surface area contributed by atoms with E-state index in [1.807, 2.05) is 24.3 Å². The number of ether oxygens (including phenoxy) is 2. The van der Waals surface area contributed by atoms with Gasteiger partial charge in [-0.15, -0.1) is 0 Å². The summed E-state index contributed by atoms with van der Waals surface area (Å²) in [5, 5.41) is 0. The lowest BCUT2D eigenvalue weighted by molar-refractivity contribution is -0.132. The number of hydrogen-bond acceptors (Lipinski definition) is 3. The highest BCUT2D eigenvalue weighted by Gasteiger charge is 2.27. The second-order valence-corrected chi connectivity index (χ2v) is 6.88. The molecule has 25 heavy (non-hydrogen) atoms. The zero-order chi connectivity index (χ0) is 17.8. The first-order chi connectivity index (χ1) is 12.1. The van der Waals surface area contributed by atoms with Crippen molar-refractivity contribution in [1.82, 2.24) is 4.90 Å². The Kier molecular flexibility index (Phi) is 5.58. The van der Waals surface area contributed by atoms with E-state index in [0.717, 1.165) is 12.2 Å². The Balaban J connectivity index is 1.55. The van der Waals surface area contributed by atoms with Crippen LogP contribution in [-0.4, -0.2) is 37.6 Å². The summed E-state index contributed by atoms with van der Waals surface area (Å²) < 4.78 is 24.9. The van der Waals surface area contributed by atoms with Gasteiger partial charge < -0.3 is 14.4 Å². The summed E-state index contributed by atoms with van der Waals surface area (Å²) in [6.07, 6.45) is 0.907. The van der Waals surface area contributed by atoms with Gasteiger partial charge in [-0.2, -0.15) is 0 Å². The standard InChI is InChI=1S/C19H19BrFNO3/c1-24-16-5-2-13(3-6-16)14-8-9-22(11-14)19(23)12-25-18-7-4-15(20)10-17(18)21/h2-7,10,14H,8-9,11-12H2,1H3. The molecule has 0 aliphatic carbocycles. The van der Waals surface area contributed by atoms with E-state index in [4.69, 9.17) is 9.47 Å². The highest BCUT2D eigenvalue weighted by atomic mass is 79.9. The molecule has 0 bridgehead atoms. The van der Waals surface area contributed by atoms with E-state index in [-0.39, 0.29) is 18.3 Å². The molecule has 0 N–H and O–H groups in total. The molecule has 0 radical (unpaired) electrons. The van der Waals surface area contributed by atoms with E-state index in [0.29, 0.717) is 23.5 Å². The molecule has 132 valence electrons. The zero-order valence-electron chi connectivity index (χ0n) is 13.9. The number of carbonyl (C=O) groups excluding carboxylic acids is 1. The third kappa shape index (κ3) is 4.31. The lowest BCUT2D eigenvalue weighted by Crippen LogP contribution is -2.33. The number of amides is 1. The molecule has 1 aliphatic heterocycles. The quantitative estimate of drug-likeness (QED) is 0.751. The maximum atomic E-state index is 13.7. The van der Waals surface area contributed by atoms with Crippen molar-refractivity contribution in [1.29, 1.82) is 0 Å². The van der Waals surface area contributed by atoms with Crippen LogP contribution in [0.2, 0.25) is 0 Å². The summed E-state index contributed by atoms with van der Waals surface area (Å²) >= 11 is 3.19. The van der Waals surface area contributed by atoms with E-state index < -0.39 is 5.82 Å². The minimum absolute atomic E-state index is 0.0856. The van der Waals surface area contributed by atoms with Gasteiger partial charge in [0.1, 0.15) is 5.75 Å². The van der Waals surface area contributed by atoms with E-state index >= 15 is 0 Å². The largest absolute Gasteiger partial charge is 0.497 e. The van der Waals surface area contributed by atoms with E-state index in [2.05, 4.69) is 15.9 Å². The first-order valence-electron chi connectivity index (χ1n) is 8.06. The first kappa shape index (κ1) is 17.7. The van der Waals surface area contributed by atoms with Gasteiger partial charge in [0.2, 0.25) is 0 Å². The van der Waals surface area contributed by atoms with Crippen molar-refractivity contribution in [3.8, 4) is 11.5 Å². The van der Waals surface area contributed by atoms with Gasteiger partial charge in [0, 0.05) is 23.5 Å². The van der Waals surface area contributed by atoms with Crippen molar-refractivity contribution < 1.29 is 18.7 Å². The summed E-state index contributed by atoms with van der Waals surface area (Å²) in [7, 11) is 1.64. The van der Waals surface area contributed by atoms with Crippen LogP contribution in [0.4, 0.5) is 4.39 Å². The molecule has 1 fully saturated rings. The Labute approximate surface area is 154 Å². The number of carbonyl (C=O) groups is 1. The Morgan fingerprint density at radius 1 is 1.28 bits per heavy atom. The molecule has 6 heteroatoms. The molecule has 0 saturated carbocycles. The molecule has 2 aromatic carbocycles. The molecule has 1 heterocycles. The molecule has 4 nitrogen and oxygen atoms in total. The monoisotopic (exact) mass is 407 g/mol. The highest BCUT2D eigenvalue weighted by molar-refractivity contribution is 9.10. The molecular formula is C19H19BrFNO3. The fourth-order valence-corrected chi connectivity index (χ4v) is 3.29. The van der Waals surface area contributed by atoms with Crippen molar-refractivity contribution in [3.05, 3.63) is 58.3 Å². The van der Waals surface area contributed by atoms with Gasteiger partial charge in [-0.25, -0.2) is 4.39 Å². The Bertz CT molecular complexity index is 751. The van der Waals surface area contributed by atoms with Crippen LogP contribution in [0, 0.1) is 5.82 Å². The first-order valence-corrected chi connectivity index (χ1v) is 8.85. The van der Waals surface area contributed by atoms with Gasteiger partial charge in [-0.1, -0.05) is 28.1 Å². The lowest BCUT2D eigenvalue weighted by Gasteiger charge is -2.17. The average Bonchev–Trinajstić information content (AvgIpc) is 3.11. The number of methoxy groups -OCH3 is 1. The van der Waals surface area contributed by atoms with Crippen LogP contribution < -0.4 is 9.47 Å². The molecule has 3 rings (SSSR count). The van der Waals surface area contributed by atoms with E-state index in [9.17, 15) is 9.18 Å². The van der Waals surface area contributed by atoms with Gasteiger partial charge in [-0.05, 0) is 42.3 Å². The normalized spacial score (nSPS) is 16.8. The van der Waals surface area contributed by atoms with Crippen LogP contribution >= 0.6 is 15.9 Å². The minimum atomic E-state index is -0.486. The third-order valence-electron chi connectivity index (χ3n) is 4.37. The van der Waals surface area contributed by atoms with Crippen LogP contribution in [0.3, 0.4) is 0 Å². The number of halogens is 2. The summed E-state index contributed by atoms with van der Waals surface area (Å²) in [6, 6.07) is 12.4. The fraction of sp³-hybridized carbons (Fsp3) is 0.316. The highest BCUT2D eigenvalue weighted by Crippen LogP contribution is 2.28. The summed E-state index contributed by atoms with van der Waals surface area (Å²) in [4.78, 5) is 14.1. The van der Waals surface area contributed by atoms with Crippen molar-refractivity contribution >= 4 is 21.8 Å². The maximum absolute atomic E-state index is 13.7. The topological polar surface area (TPSA) is 38.8 Å². The molecule has 0 aromatic heterocycles. The van der Waals surface area contributed by atoms with E-state index in [1.165, 1.54) is 17.7 Å². The Morgan fingerprint density at radius 3 is 2.72 bits per heavy atom. The van der Waals surface area contributed by atoms with Gasteiger partial charge >= 0.3 is 0 Å². The third-order valence-corrected chi connectivity index (χ3v) is 4.87. The van der Waals surface area contributed by atoms with Crippen molar-refractivity contribution in [2.75, 3.05) is 26.8 Å². The SMILES string of the molecule is COc1ccc(C2CCN(C(=O)COc3ccc(Br)cc3F)C2)cc1. The maximum Gasteiger partial charge on any atom is 0.260 e. The van der Waals surface area contributed by atoms with Crippen molar-refractivity contribution in [3.63, 3.8) is 0 Å². The van der Waals surface area contributed by atoms with Crippen LogP contribution in [0.1, 0.15) is 17.9 Å². The number of likely N-dealkylation sites (tertiary alicyclic amines) is 1. The van der Waals surface area contributed by atoms with Gasteiger partial charge in [0.15, 0.2) is 18.2 Å². The molecule has 1 atom stereocenters. The lowest BCUT2D eigenvalue weighted by atomic mass is 9.98. The van der Waals surface area contributed by atoms with Gasteiger partial charge in [0.05, 0.1) is 7.11 Å². The van der Waals surface area contributed by atoms with Crippen LogP contribution in [0.15, 0.2) is 46.9 Å². The Morgan fingerprint density at radius 2 is 2.04 bits per heavy atom. The Hall–Kier alpha value is -2.08. The number of rotatable bonds is 5. The van der Waals surface area contributed by atoms with E-state index in [1.54, 1.807) is 18.1 Å². The molecule has 1 saturated heterocycles. The van der Waals surface area contributed by atoms with Crippen LogP contribution in [0.5, 0.6) is 11.5 Å². The summed E-state index contributed by atoms with van der Waals surface area (Å²) in [5.41, 5.74) is 1.19. The molecule has 1 aliphatic rings. The second-order valence-electron chi connectivity index (χ2n) is 5.96. The predicted octanol–water partition coefficient (Wildman–Crippen LogP) is 3.99. The van der Waals surface area contributed by atoms with Crippen molar-refractivity contribution in [2.45, 2.75) is 12.3 Å². The predicted molar refractivity (Wildman–Crippen MR) is 96.5 cm³/mol. The number of benzene rings is 2. The zero-order valence-corrected chi connectivity index (χ0v) is 15.5. The molecule has 0 spiro atoms. The molecule has 1 unspecified atom stereocenters.